The van der Waals surface area contributed by atoms with Crippen molar-refractivity contribution < 1.29 is 9.53 Å². The molecule has 0 radical (unpaired) electrons. The van der Waals surface area contributed by atoms with E-state index in [1.807, 2.05) is 12.1 Å². The summed E-state index contributed by atoms with van der Waals surface area (Å²) in [4.78, 5) is 12.6. The molecule has 0 heterocycles. The summed E-state index contributed by atoms with van der Waals surface area (Å²) in [6, 6.07) is 7.98. The third-order valence-electron chi connectivity index (χ3n) is 6.05. The molecule has 0 unspecified atom stereocenters. The molecular weight excluding hydrogens is 260 g/mol. The lowest BCUT2D eigenvalue weighted by molar-refractivity contribution is -0.152. The van der Waals surface area contributed by atoms with E-state index in [-0.39, 0.29) is 11.9 Å². The monoisotopic (exact) mass is 284 g/mol. The highest BCUT2D eigenvalue weighted by Gasteiger charge is 2.51. The molecule has 0 spiro atoms. The second-order valence-corrected chi connectivity index (χ2v) is 7.38. The van der Waals surface area contributed by atoms with Crippen LogP contribution in [-0.4, -0.2) is 5.97 Å². The van der Waals surface area contributed by atoms with Gasteiger partial charge in [-0.1, -0.05) is 19.1 Å². The van der Waals surface area contributed by atoms with Crippen molar-refractivity contribution >= 4 is 5.97 Å². The van der Waals surface area contributed by atoms with Gasteiger partial charge in [0.2, 0.25) is 0 Å². The topological polar surface area (TPSA) is 26.3 Å². The van der Waals surface area contributed by atoms with Crippen LogP contribution in [0, 0.1) is 29.6 Å². The van der Waals surface area contributed by atoms with E-state index in [4.69, 9.17) is 4.74 Å². The average Bonchev–Trinajstić information content (AvgIpc) is 2.47. The zero-order valence-corrected chi connectivity index (χ0v) is 12.8. The van der Waals surface area contributed by atoms with Gasteiger partial charge >= 0.3 is 5.97 Å². The SMILES string of the molecule is CCc1ccc(OC(=O)C2C3CC4CC(C3)CC2C4)cc1. The third kappa shape index (κ3) is 2.39. The van der Waals surface area contributed by atoms with E-state index >= 15 is 0 Å². The normalized spacial score (nSPS) is 36.7. The molecule has 1 aromatic carbocycles. The Kier molecular flexibility index (Phi) is 3.28. The molecule has 0 amide bonds. The van der Waals surface area contributed by atoms with E-state index in [1.165, 1.54) is 37.7 Å². The number of hydrogen-bond acceptors (Lipinski definition) is 2. The van der Waals surface area contributed by atoms with Crippen LogP contribution in [0.3, 0.4) is 0 Å². The second kappa shape index (κ2) is 5.15. The van der Waals surface area contributed by atoms with Crippen molar-refractivity contribution in [2.24, 2.45) is 29.6 Å². The summed E-state index contributed by atoms with van der Waals surface area (Å²) in [7, 11) is 0. The summed E-state index contributed by atoms with van der Waals surface area (Å²) < 4.78 is 5.70. The molecular formula is C19H24O2. The number of ether oxygens (including phenoxy) is 1. The lowest BCUT2D eigenvalue weighted by Gasteiger charge is -2.53. The van der Waals surface area contributed by atoms with Crippen molar-refractivity contribution in [1.29, 1.82) is 0 Å². The van der Waals surface area contributed by atoms with Crippen LogP contribution in [0.5, 0.6) is 5.75 Å². The molecule has 4 saturated carbocycles. The highest BCUT2D eigenvalue weighted by molar-refractivity contribution is 5.76. The van der Waals surface area contributed by atoms with Crippen molar-refractivity contribution in [3.63, 3.8) is 0 Å². The zero-order chi connectivity index (χ0) is 14.4. The molecule has 0 N–H and O–H groups in total. The van der Waals surface area contributed by atoms with Crippen molar-refractivity contribution in [2.75, 3.05) is 0 Å². The molecule has 0 aromatic heterocycles. The maximum atomic E-state index is 12.6. The molecule has 4 aliphatic carbocycles. The van der Waals surface area contributed by atoms with Gasteiger partial charge in [0.15, 0.2) is 0 Å². The Morgan fingerprint density at radius 1 is 1.00 bits per heavy atom. The van der Waals surface area contributed by atoms with Gasteiger partial charge in [-0.15, -0.1) is 0 Å². The molecule has 2 nitrogen and oxygen atoms in total. The van der Waals surface area contributed by atoms with Crippen molar-refractivity contribution in [3.05, 3.63) is 29.8 Å². The minimum atomic E-state index is 0.0352. The number of esters is 1. The predicted molar refractivity (Wildman–Crippen MR) is 82.0 cm³/mol. The van der Waals surface area contributed by atoms with Crippen molar-refractivity contribution in [2.45, 2.75) is 45.4 Å². The molecule has 0 saturated heterocycles. The smallest absolute Gasteiger partial charge is 0.314 e. The first-order valence-corrected chi connectivity index (χ1v) is 8.53. The zero-order valence-electron chi connectivity index (χ0n) is 12.8. The minimum Gasteiger partial charge on any atom is -0.426 e. The third-order valence-corrected chi connectivity index (χ3v) is 6.05. The Labute approximate surface area is 126 Å². The summed E-state index contributed by atoms with van der Waals surface area (Å²) in [5.41, 5.74) is 1.28. The van der Waals surface area contributed by atoms with Crippen molar-refractivity contribution in [1.82, 2.24) is 0 Å². The molecule has 0 aliphatic heterocycles. The molecule has 21 heavy (non-hydrogen) atoms. The summed E-state index contributed by atoms with van der Waals surface area (Å²) in [5.74, 6) is 3.93. The van der Waals surface area contributed by atoms with E-state index in [2.05, 4.69) is 19.1 Å². The first-order chi connectivity index (χ1) is 10.2. The summed E-state index contributed by atoms with van der Waals surface area (Å²) in [6.45, 7) is 2.13. The lowest BCUT2D eigenvalue weighted by atomic mass is 9.52. The van der Waals surface area contributed by atoms with Gasteiger partial charge < -0.3 is 4.74 Å². The van der Waals surface area contributed by atoms with Crippen LogP contribution in [0.4, 0.5) is 0 Å². The number of benzene rings is 1. The fourth-order valence-electron chi connectivity index (χ4n) is 5.29. The molecule has 2 heteroatoms. The van der Waals surface area contributed by atoms with Gasteiger partial charge in [0, 0.05) is 0 Å². The van der Waals surface area contributed by atoms with Gasteiger partial charge in [-0.05, 0) is 79.9 Å². The van der Waals surface area contributed by atoms with Crippen LogP contribution in [0.25, 0.3) is 0 Å². The predicted octanol–water partition coefficient (Wildman–Crippen LogP) is 4.23. The number of rotatable bonds is 3. The van der Waals surface area contributed by atoms with Gasteiger partial charge in [0.25, 0.3) is 0 Å². The minimum absolute atomic E-state index is 0.0352. The van der Waals surface area contributed by atoms with Crippen LogP contribution < -0.4 is 4.74 Å². The highest BCUT2D eigenvalue weighted by atomic mass is 16.5. The Morgan fingerprint density at radius 3 is 2.10 bits per heavy atom. The largest absolute Gasteiger partial charge is 0.426 e. The molecule has 4 aliphatic rings. The molecule has 1 aromatic rings. The maximum Gasteiger partial charge on any atom is 0.314 e. The van der Waals surface area contributed by atoms with Crippen LogP contribution in [0.15, 0.2) is 24.3 Å². The number of aryl methyl sites for hydroxylation is 1. The standard InChI is InChI=1S/C19H24O2/c1-2-12-3-5-17(6-4-12)21-19(20)18-15-8-13-7-14(10-15)11-16(18)9-13/h3-6,13-16,18H,2,7-11H2,1H3. The van der Waals surface area contributed by atoms with Crippen LogP contribution in [0.1, 0.15) is 44.6 Å². The van der Waals surface area contributed by atoms with E-state index in [0.717, 1.165) is 18.3 Å². The van der Waals surface area contributed by atoms with Gasteiger partial charge in [-0.2, -0.15) is 0 Å². The number of hydrogen-bond donors (Lipinski definition) is 0. The fraction of sp³-hybridized carbons (Fsp3) is 0.632. The number of carbonyl (C=O) groups is 1. The first-order valence-electron chi connectivity index (χ1n) is 8.53. The number of carbonyl (C=O) groups excluding carboxylic acids is 1. The summed E-state index contributed by atoms with van der Waals surface area (Å²) in [6.07, 6.45) is 7.50. The Hall–Kier alpha value is -1.31. The lowest BCUT2D eigenvalue weighted by Crippen LogP contribution is -2.49. The van der Waals surface area contributed by atoms with Gasteiger partial charge in [-0.3, -0.25) is 4.79 Å². The highest BCUT2D eigenvalue weighted by Crippen LogP contribution is 2.56. The van der Waals surface area contributed by atoms with E-state index in [1.54, 1.807) is 0 Å². The van der Waals surface area contributed by atoms with Gasteiger partial charge in [0.1, 0.15) is 5.75 Å². The Morgan fingerprint density at radius 2 is 1.57 bits per heavy atom. The molecule has 0 atom stereocenters. The first kappa shape index (κ1) is 13.4. The van der Waals surface area contributed by atoms with Gasteiger partial charge in [0.05, 0.1) is 5.92 Å². The summed E-state index contributed by atoms with van der Waals surface area (Å²) >= 11 is 0. The molecule has 5 rings (SSSR count). The Bertz CT molecular complexity index is 503. The molecule has 4 fully saturated rings. The Balaban J connectivity index is 1.47. The van der Waals surface area contributed by atoms with Crippen molar-refractivity contribution in [3.8, 4) is 5.75 Å². The molecule has 4 bridgehead atoms. The quantitative estimate of drug-likeness (QED) is 0.613. The van der Waals surface area contributed by atoms with Crippen LogP contribution in [0.2, 0.25) is 0 Å². The van der Waals surface area contributed by atoms with Gasteiger partial charge in [-0.25, -0.2) is 0 Å². The summed E-state index contributed by atoms with van der Waals surface area (Å²) in [5, 5.41) is 0. The van der Waals surface area contributed by atoms with E-state index < -0.39 is 0 Å². The maximum absolute atomic E-state index is 12.6. The van der Waals surface area contributed by atoms with Crippen LogP contribution >= 0.6 is 0 Å². The fourth-order valence-corrected chi connectivity index (χ4v) is 5.29. The molecule has 112 valence electrons. The average molecular weight is 284 g/mol. The van der Waals surface area contributed by atoms with E-state index in [9.17, 15) is 4.79 Å². The van der Waals surface area contributed by atoms with E-state index in [0.29, 0.717) is 17.6 Å². The van der Waals surface area contributed by atoms with Crippen LogP contribution in [-0.2, 0) is 11.2 Å². The second-order valence-electron chi connectivity index (χ2n) is 7.38.